The number of carbonyl (C=O) groups is 1. The molecule has 1 aromatic rings. The summed E-state index contributed by atoms with van der Waals surface area (Å²) in [7, 11) is 0. The number of hydrogen-bond donors (Lipinski definition) is 1. The van der Waals surface area contributed by atoms with Crippen LogP contribution < -0.4 is 5.32 Å². The molecule has 0 bridgehead atoms. The van der Waals surface area contributed by atoms with Crippen LogP contribution in [0.15, 0.2) is 24.3 Å². The molecule has 1 aromatic carbocycles. The smallest absolute Gasteiger partial charge is 0.228 e. The maximum atomic E-state index is 11.9. The van der Waals surface area contributed by atoms with E-state index in [1.165, 1.54) is 0 Å². The Kier molecular flexibility index (Phi) is 3.06. The molecule has 1 N–H and O–H groups in total. The van der Waals surface area contributed by atoms with Gasteiger partial charge in [-0.25, -0.2) is 0 Å². The van der Waals surface area contributed by atoms with Gasteiger partial charge < -0.3 is 5.32 Å². The van der Waals surface area contributed by atoms with Crippen LogP contribution in [0.3, 0.4) is 0 Å². The van der Waals surface area contributed by atoms with Crippen molar-refractivity contribution in [2.24, 2.45) is 11.3 Å². The Labute approximate surface area is 105 Å². The average molecular weight is 282 g/mol. The Balaban J connectivity index is 2.07. The van der Waals surface area contributed by atoms with Crippen LogP contribution in [0.2, 0.25) is 0 Å². The van der Waals surface area contributed by atoms with Gasteiger partial charge in [0.1, 0.15) is 0 Å². The summed E-state index contributed by atoms with van der Waals surface area (Å²) in [6.07, 6.45) is 0.995. The normalized spacial score (nSPS) is 21.6. The highest BCUT2D eigenvalue weighted by molar-refractivity contribution is 9.08. The van der Waals surface area contributed by atoms with E-state index in [-0.39, 0.29) is 17.2 Å². The summed E-state index contributed by atoms with van der Waals surface area (Å²) >= 11 is 3.42. The van der Waals surface area contributed by atoms with E-state index in [2.05, 4.69) is 35.1 Å². The third kappa shape index (κ3) is 2.29. The van der Waals surface area contributed by atoms with Crippen LogP contribution in [0.4, 0.5) is 5.69 Å². The summed E-state index contributed by atoms with van der Waals surface area (Å²) in [4.78, 5) is 11.9. The summed E-state index contributed by atoms with van der Waals surface area (Å²) < 4.78 is 0. The van der Waals surface area contributed by atoms with E-state index in [4.69, 9.17) is 0 Å². The summed E-state index contributed by atoms with van der Waals surface area (Å²) in [6.45, 7) is 4.27. The topological polar surface area (TPSA) is 29.1 Å². The zero-order valence-electron chi connectivity index (χ0n) is 9.59. The minimum absolute atomic E-state index is 0.151. The van der Waals surface area contributed by atoms with Gasteiger partial charge in [-0.05, 0) is 23.5 Å². The molecular weight excluding hydrogens is 266 g/mol. The Bertz CT molecular complexity index is 414. The zero-order valence-corrected chi connectivity index (χ0v) is 11.2. The quantitative estimate of drug-likeness (QED) is 0.844. The molecule has 1 aliphatic rings. The van der Waals surface area contributed by atoms with Crippen LogP contribution in [0.5, 0.6) is 0 Å². The predicted molar refractivity (Wildman–Crippen MR) is 69.6 cm³/mol. The monoisotopic (exact) mass is 281 g/mol. The van der Waals surface area contributed by atoms with Gasteiger partial charge in [-0.15, -0.1) is 0 Å². The molecule has 0 spiro atoms. The van der Waals surface area contributed by atoms with E-state index in [1.807, 2.05) is 24.3 Å². The second-order valence-corrected chi connectivity index (χ2v) is 5.59. The molecule has 1 unspecified atom stereocenters. The lowest BCUT2D eigenvalue weighted by molar-refractivity contribution is -0.118. The summed E-state index contributed by atoms with van der Waals surface area (Å²) in [5.74, 6) is 0.328. The van der Waals surface area contributed by atoms with Crippen molar-refractivity contribution in [1.82, 2.24) is 0 Å². The summed E-state index contributed by atoms with van der Waals surface area (Å²) in [5.41, 5.74) is 2.23. The molecule has 1 aliphatic carbocycles. The molecule has 0 radical (unpaired) electrons. The molecule has 2 nitrogen and oxygen atoms in total. The molecule has 1 atom stereocenters. The van der Waals surface area contributed by atoms with Gasteiger partial charge in [-0.3, -0.25) is 4.79 Å². The van der Waals surface area contributed by atoms with Crippen molar-refractivity contribution in [2.75, 3.05) is 5.32 Å². The van der Waals surface area contributed by atoms with Gasteiger partial charge in [0.2, 0.25) is 5.91 Å². The van der Waals surface area contributed by atoms with Crippen LogP contribution in [0.25, 0.3) is 0 Å². The SMILES string of the molecule is CC1(C)CC1C(=O)Nc1ccccc1CBr. The van der Waals surface area contributed by atoms with Gasteiger partial charge in [0, 0.05) is 16.9 Å². The van der Waals surface area contributed by atoms with Crippen molar-refractivity contribution in [2.45, 2.75) is 25.6 Å². The number of amides is 1. The third-order valence-corrected chi connectivity index (χ3v) is 3.85. The van der Waals surface area contributed by atoms with Crippen molar-refractivity contribution in [3.63, 3.8) is 0 Å². The number of rotatable bonds is 3. The van der Waals surface area contributed by atoms with Gasteiger partial charge in [0.05, 0.1) is 0 Å². The van der Waals surface area contributed by atoms with Gasteiger partial charge in [0.25, 0.3) is 0 Å². The third-order valence-electron chi connectivity index (χ3n) is 3.25. The number of anilines is 1. The maximum absolute atomic E-state index is 11.9. The molecule has 1 saturated carbocycles. The molecule has 0 heterocycles. The first-order chi connectivity index (χ1) is 7.54. The second-order valence-electron chi connectivity index (χ2n) is 5.03. The number of hydrogen-bond acceptors (Lipinski definition) is 1. The summed E-state index contributed by atoms with van der Waals surface area (Å²) in [6, 6.07) is 7.89. The Morgan fingerprint density at radius 3 is 2.69 bits per heavy atom. The van der Waals surface area contributed by atoms with E-state index in [0.717, 1.165) is 23.0 Å². The van der Waals surface area contributed by atoms with E-state index in [0.29, 0.717) is 0 Å². The summed E-state index contributed by atoms with van der Waals surface area (Å²) in [5, 5.41) is 3.77. The number of alkyl halides is 1. The second kappa shape index (κ2) is 4.21. The van der Waals surface area contributed by atoms with Gasteiger partial charge in [-0.2, -0.15) is 0 Å². The number of para-hydroxylation sites is 1. The highest BCUT2D eigenvalue weighted by Crippen LogP contribution is 2.52. The first-order valence-corrected chi connectivity index (χ1v) is 6.61. The van der Waals surface area contributed by atoms with Crippen LogP contribution in [-0.4, -0.2) is 5.91 Å². The lowest BCUT2D eigenvalue weighted by Gasteiger charge is -2.09. The van der Waals surface area contributed by atoms with Crippen molar-refractivity contribution in [3.05, 3.63) is 29.8 Å². The van der Waals surface area contributed by atoms with Crippen molar-refractivity contribution >= 4 is 27.5 Å². The Hall–Kier alpha value is -0.830. The van der Waals surface area contributed by atoms with Crippen LogP contribution in [0, 0.1) is 11.3 Å². The van der Waals surface area contributed by atoms with Gasteiger partial charge in [0.15, 0.2) is 0 Å². The van der Waals surface area contributed by atoms with E-state index in [9.17, 15) is 4.79 Å². The molecule has 16 heavy (non-hydrogen) atoms. The highest BCUT2D eigenvalue weighted by Gasteiger charge is 2.50. The minimum atomic E-state index is 0.151. The molecule has 3 heteroatoms. The fraction of sp³-hybridized carbons (Fsp3) is 0.462. The molecule has 1 amide bonds. The van der Waals surface area contributed by atoms with E-state index in [1.54, 1.807) is 0 Å². The van der Waals surface area contributed by atoms with Crippen LogP contribution in [-0.2, 0) is 10.1 Å². The van der Waals surface area contributed by atoms with E-state index >= 15 is 0 Å². The molecule has 0 aliphatic heterocycles. The molecule has 0 aromatic heterocycles. The maximum Gasteiger partial charge on any atom is 0.228 e. The lowest BCUT2D eigenvalue weighted by Crippen LogP contribution is -2.17. The van der Waals surface area contributed by atoms with Crippen molar-refractivity contribution in [1.29, 1.82) is 0 Å². The minimum Gasteiger partial charge on any atom is -0.326 e. The van der Waals surface area contributed by atoms with E-state index < -0.39 is 0 Å². The van der Waals surface area contributed by atoms with Gasteiger partial charge >= 0.3 is 0 Å². The van der Waals surface area contributed by atoms with Crippen LogP contribution in [0.1, 0.15) is 25.8 Å². The largest absolute Gasteiger partial charge is 0.326 e. The van der Waals surface area contributed by atoms with Gasteiger partial charge in [-0.1, -0.05) is 48.0 Å². The molecule has 1 fully saturated rings. The van der Waals surface area contributed by atoms with Crippen molar-refractivity contribution < 1.29 is 4.79 Å². The fourth-order valence-electron chi connectivity index (χ4n) is 1.89. The first kappa shape index (κ1) is 11.6. The fourth-order valence-corrected chi connectivity index (χ4v) is 2.38. The molecular formula is C13H16BrNO. The number of nitrogens with one attached hydrogen (secondary N) is 1. The Morgan fingerprint density at radius 1 is 1.50 bits per heavy atom. The molecule has 0 saturated heterocycles. The van der Waals surface area contributed by atoms with Crippen molar-refractivity contribution in [3.8, 4) is 0 Å². The zero-order chi connectivity index (χ0) is 11.8. The highest BCUT2D eigenvalue weighted by atomic mass is 79.9. The lowest BCUT2D eigenvalue weighted by atomic mass is 10.1. The Morgan fingerprint density at radius 2 is 2.12 bits per heavy atom. The first-order valence-electron chi connectivity index (χ1n) is 5.49. The average Bonchev–Trinajstić information content (AvgIpc) is 2.89. The number of carbonyl (C=O) groups excluding carboxylic acids is 1. The number of benzene rings is 1. The predicted octanol–water partition coefficient (Wildman–Crippen LogP) is 3.57. The number of halogens is 1. The molecule has 2 rings (SSSR count). The standard InChI is InChI=1S/C13H16BrNO/c1-13(2)7-10(13)12(16)15-11-6-4-3-5-9(11)8-14/h3-6,10H,7-8H2,1-2H3,(H,15,16). The van der Waals surface area contributed by atoms with Crippen LogP contribution >= 0.6 is 15.9 Å². The molecule has 86 valence electrons.